The fourth-order valence-electron chi connectivity index (χ4n) is 13.7. The molecule has 298 valence electrons. The Balaban J connectivity index is 1.26. The lowest BCUT2D eigenvalue weighted by atomic mass is 9.57. The number of quaternary nitrogens is 1. The first-order chi connectivity index (χ1) is 26.0. The topological polar surface area (TPSA) is 183 Å². The molecule has 2 bridgehead atoms. The normalized spacial score (nSPS) is 48.4. The summed E-state index contributed by atoms with van der Waals surface area (Å²) in [5.41, 5.74) is 17.9. The highest BCUT2D eigenvalue weighted by Crippen LogP contribution is 2.64. The molecule has 0 aromatic heterocycles. The van der Waals surface area contributed by atoms with Crippen molar-refractivity contribution < 1.29 is 39.3 Å². The number of ether oxygens (including phenoxy) is 3. The van der Waals surface area contributed by atoms with Crippen molar-refractivity contribution >= 4 is 11.8 Å². The van der Waals surface area contributed by atoms with E-state index >= 15 is 0 Å². The lowest BCUT2D eigenvalue weighted by Crippen LogP contribution is -2.96. The minimum absolute atomic E-state index is 0.0281. The predicted octanol–water partition coefficient (Wildman–Crippen LogP) is 2.35. The van der Waals surface area contributed by atoms with E-state index < -0.39 is 48.0 Å². The maximum Gasteiger partial charge on any atom is 0.333 e. The van der Waals surface area contributed by atoms with E-state index in [0.717, 1.165) is 58.0 Å². The van der Waals surface area contributed by atoms with Gasteiger partial charge in [0.05, 0.1) is 49.7 Å². The summed E-state index contributed by atoms with van der Waals surface area (Å²) in [4.78, 5) is 27.8. The van der Waals surface area contributed by atoms with E-state index in [1.807, 2.05) is 6.92 Å². The Kier molecular flexibility index (Phi) is 9.85. The lowest BCUT2D eigenvalue weighted by Gasteiger charge is -2.61. The fourth-order valence-corrected chi connectivity index (χ4v) is 13.7. The Morgan fingerprint density at radius 2 is 1.85 bits per heavy atom. The summed E-state index contributed by atoms with van der Waals surface area (Å²) in [6.07, 6.45) is 12.0. The average molecular weight is 750 g/mol. The van der Waals surface area contributed by atoms with Crippen molar-refractivity contribution in [3.05, 3.63) is 34.4 Å². The van der Waals surface area contributed by atoms with Crippen molar-refractivity contribution in [3.63, 3.8) is 0 Å². The lowest BCUT2D eigenvalue weighted by molar-refractivity contribution is -0.706. The molecule has 5 aliphatic heterocycles. The van der Waals surface area contributed by atoms with Crippen molar-refractivity contribution in [3.8, 4) is 0 Å². The third-order valence-electron chi connectivity index (χ3n) is 16.5. The molecule has 13 unspecified atom stereocenters. The SMILES string of the molecule is CC=C(C)C(=O)O[C@H]1CC2C(O)C3C(=O)CC(CO)OC3C3CC4CCNC(N)C4C4=CC5(CCCCC5)C5=C4[C@@H](CC4C[NH2+]C(N)CC4C5)[C@]1(C)OC23. The fraction of sp³-hybridized carbons (Fsp3) is 0.814. The number of carbonyl (C=O) groups is 2. The van der Waals surface area contributed by atoms with Crippen LogP contribution in [0.15, 0.2) is 34.4 Å². The van der Waals surface area contributed by atoms with Crippen LogP contribution in [0.3, 0.4) is 0 Å². The summed E-state index contributed by atoms with van der Waals surface area (Å²) in [6.45, 7) is 7.35. The van der Waals surface area contributed by atoms with E-state index in [4.69, 9.17) is 25.7 Å². The molecule has 9 rings (SSSR count). The third-order valence-corrected chi connectivity index (χ3v) is 16.5. The number of hydrogen-bond donors (Lipinski definition) is 6. The monoisotopic (exact) mass is 749 g/mol. The van der Waals surface area contributed by atoms with Gasteiger partial charge in [0.1, 0.15) is 23.7 Å². The highest BCUT2D eigenvalue weighted by molar-refractivity contribution is 5.88. The van der Waals surface area contributed by atoms with E-state index in [-0.39, 0.29) is 66.2 Å². The van der Waals surface area contributed by atoms with Gasteiger partial charge in [-0.15, -0.1) is 0 Å². The molecule has 2 saturated carbocycles. The zero-order chi connectivity index (χ0) is 37.7. The van der Waals surface area contributed by atoms with E-state index in [1.54, 1.807) is 18.6 Å². The van der Waals surface area contributed by atoms with E-state index in [9.17, 15) is 19.8 Å². The first-order valence-corrected chi connectivity index (χ1v) is 21.5. The Morgan fingerprint density at radius 3 is 2.61 bits per heavy atom. The Labute approximate surface area is 320 Å². The number of fused-ring (bicyclic) bond motifs is 8. The Morgan fingerprint density at radius 1 is 1.06 bits per heavy atom. The van der Waals surface area contributed by atoms with Crippen molar-refractivity contribution in [2.24, 2.45) is 64.2 Å². The third kappa shape index (κ3) is 5.88. The minimum atomic E-state index is -1.01. The first kappa shape index (κ1) is 37.6. The number of esters is 1. The quantitative estimate of drug-likeness (QED) is 0.185. The number of nitrogens with one attached hydrogen (secondary N) is 1. The second-order valence-electron chi connectivity index (χ2n) is 19.2. The van der Waals surface area contributed by atoms with Gasteiger partial charge in [0.25, 0.3) is 0 Å². The van der Waals surface area contributed by atoms with E-state index in [2.05, 4.69) is 23.6 Å². The van der Waals surface area contributed by atoms with E-state index in [1.165, 1.54) is 30.4 Å². The first-order valence-electron chi connectivity index (χ1n) is 21.5. The van der Waals surface area contributed by atoms with Crippen molar-refractivity contribution in [1.29, 1.82) is 0 Å². The average Bonchev–Trinajstić information content (AvgIpc) is 3.31. The summed E-state index contributed by atoms with van der Waals surface area (Å²) >= 11 is 0. The molecule has 0 aromatic carbocycles. The van der Waals surface area contributed by atoms with Gasteiger partial charge in [-0.25, -0.2) is 4.79 Å². The Hall–Kier alpha value is -1.96. The van der Waals surface area contributed by atoms with Gasteiger partial charge in [0.2, 0.25) is 0 Å². The molecule has 4 aliphatic carbocycles. The van der Waals surface area contributed by atoms with Crippen LogP contribution in [0.1, 0.15) is 97.8 Å². The maximum absolute atomic E-state index is 13.9. The van der Waals surface area contributed by atoms with Gasteiger partial charge in [-0.3, -0.25) is 10.5 Å². The number of rotatable bonds is 3. The maximum atomic E-state index is 13.9. The molecule has 0 aromatic rings. The molecule has 11 heteroatoms. The number of carbonyl (C=O) groups excluding carboxylic acids is 2. The molecule has 54 heavy (non-hydrogen) atoms. The van der Waals surface area contributed by atoms with Crippen LogP contribution < -0.4 is 22.1 Å². The van der Waals surface area contributed by atoms with Gasteiger partial charge >= 0.3 is 5.97 Å². The van der Waals surface area contributed by atoms with Crippen LogP contribution in [0.4, 0.5) is 0 Å². The van der Waals surface area contributed by atoms with Gasteiger partial charge < -0.3 is 40.8 Å². The van der Waals surface area contributed by atoms with Crippen LogP contribution in [-0.2, 0) is 23.8 Å². The number of allylic oxidation sites excluding steroid dienone is 3. The number of nitrogens with two attached hydrogens (primary N) is 3. The zero-order valence-electron chi connectivity index (χ0n) is 32.6. The van der Waals surface area contributed by atoms with Gasteiger partial charge in [-0.2, -0.15) is 0 Å². The summed E-state index contributed by atoms with van der Waals surface area (Å²) in [7, 11) is 0. The molecule has 0 radical (unpaired) electrons. The van der Waals surface area contributed by atoms with Gasteiger partial charge in [-0.1, -0.05) is 37.0 Å². The molecule has 9 aliphatic rings. The largest absolute Gasteiger partial charge is 0.456 e. The number of ketones is 1. The van der Waals surface area contributed by atoms with Crippen LogP contribution in [0.25, 0.3) is 0 Å². The van der Waals surface area contributed by atoms with Crippen LogP contribution in [-0.4, -0.2) is 90.1 Å². The molecule has 7 fully saturated rings. The number of piperidine rings is 2. The summed E-state index contributed by atoms with van der Waals surface area (Å²) in [6, 6.07) is 0. The standard InChI is InChI=1S/C43H64N4O7/c1-4-21(2)41(51)53-32-17-26-37(50)36-31(49)16-25(20-48)52-39(36)27-12-22-8-11-46-40(45)34(22)28-18-43(9-6-5-7-10-43)30-13-23-15-33(44)47-19-24(23)14-29(35(28)30)42(32,3)54-38(26)27/h4,18,22-27,29,32-34,36-40,46-48,50H,5-17,19-20,44-45H2,1-3H3/p+1/t22?,23?,24?,25?,26?,27?,29-,32+,33?,34?,36?,37?,38?,39?,40?,42+/m1/s1. The molecule has 5 heterocycles. The Bertz CT molecular complexity index is 1600. The zero-order valence-corrected chi connectivity index (χ0v) is 32.6. The molecular weight excluding hydrogens is 684 g/mol. The van der Waals surface area contributed by atoms with Crippen LogP contribution in [0.2, 0.25) is 0 Å². The molecule has 9 N–H and O–H groups in total. The number of hydrogen-bond acceptors (Lipinski definition) is 10. The summed E-state index contributed by atoms with van der Waals surface area (Å²) in [5.74, 6) is -0.734. The molecule has 16 atom stereocenters. The second-order valence-corrected chi connectivity index (χ2v) is 19.2. The highest BCUT2D eigenvalue weighted by atomic mass is 16.6. The second kappa shape index (κ2) is 14.1. The van der Waals surface area contributed by atoms with Gasteiger partial charge in [0, 0.05) is 53.4 Å². The van der Waals surface area contributed by atoms with Crippen LogP contribution >= 0.6 is 0 Å². The summed E-state index contributed by atoms with van der Waals surface area (Å²) < 4.78 is 21.1. The number of Topliss-reactive ketones (excluding diaryl/α,β-unsaturated/α-hetero) is 1. The smallest absolute Gasteiger partial charge is 0.333 e. The summed E-state index contributed by atoms with van der Waals surface area (Å²) in [5, 5.41) is 28.6. The van der Waals surface area contributed by atoms with E-state index in [0.29, 0.717) is 23.8 Å². The molecule has 11 nitrogen and oxygen atoms in total. The number of aliphatic hydroxyl groups is 2. The van der Waals surface area contributed by atoms with Gasteiger partial charge in [-0.05, 0) is 95.2 Å². The molecular formula is C43H65N4O7+. The minimum Gasteiger partial charge on any atom is -0.456 e. The molecule has 0 amide bonds. The van der Waals surface area contributed by atoms with Crippen LogP contribution in [0, 0.1) is 52.8 Å². The number of aliphatic hydroxyl groups excluding tert-OH is 2. The molecule has 5 saturated heterocycles. The van der Waals surface area contributed by atoms with Gasteiger partial charge in [0.15, 0.2) is 0 Å². The van der Waals surface area contributed by atoms with Crippen molar-refractivity contribution in [2.75, 3.05) is 19.7 Å². The van der Waals surface area contributed by atoms with Crippen LogP contribution in [0.5, 0.6) is 0 Å². The van der Waals surface area contributed by atoms with Crippen molar-refractivity contribution in [2.45, 2.75) is 146 Å². The highest BCUT2D eigenvalue weighted by Gasteiger charge is 2.66. The molecule has 1 spiro atoms. The predicted molar refractivity (Wildman–Crippen MR) is 201 cm³/mol. The van der Waals surface area contributed by atoms with Crippen molar-refractivity contribution in [1.82, 2.24) is 5.32 Å².